The summed E-state index contributed by atoms with van der Waals surface area (Å²) >= 11 is 6.03. The van der Waals surface area contributed by atoms with E-state index in [-0.39, 0.29) is 5.82 Å². The first-order chi connectivity index (χ1) is 8.25. The molecule has 4 heteroatoms. The van der Waals surface area contributed by atoms with Crippen LogP contribution < -0.4 is 0 Å². The monoisotopic (exact) mass is 246 g/mol. The van der Waals surface area contributed by atoms with Crippen LogP contribution in [0.5, 0.6) is 0 Å². The van der Waals surface area contributed by atoms with Crippen molar-refractivity contribution in [2.45, 2.75) is 0 Å². The molecule has 0 amide bonds. The second kappa shape index (κ2) is 3.86. The zero-order valence-electron chi connectivity index (χ0n) is 8.77. The highest BCUT2D eigenvalue weighted by molar-refractivity contribution is 6.29. The van der Waals surface area contributed by atoms with Crippen LogP contribution in [0.15, 0.2) is 48.7 Å². The van der Waals surface area contributed by atoms with Gasteiger partial charge in [0.05, 0.1) is 5.69 Å². The molecular formula is C13H8ClFN2. The van der Waals surface area contributed by atoms with E-state index < -0.39 is 0 Å². The first-order valence-corrected chi connectivity index (χ1v) is 5.52. The fraction of sp³-hybridized carbons (Fsp3) is 0. The maximum absolute atomic E-state index is 13.6. The van der Waals surface area contributed by atoms with Gasteiger partial charge in [-0.25, -0.2) is 9.37 Å². The first-order valence-electron chi connectivity index (χ1n) is 5.14. The lowest BCUT2D eigenvalue weighted by atomic mass is 10.1. The molecule has 0 spiro atoms. The third-order valence-corrected chi connectivity index (χ3v) is 2.90. The van der Waals surface area contributed by atoms with Gasteiger partial charge in [0.25, 0.3) is 0 Å². The van der Waals surface area contributed by atoms with E-state index in [0.29, 0.717) is 22.1 Å². The SMILES string of the molecule is Fc1ccccc1-c1cn2c(Cl)cccc2n1. The van der Waals surface area contributed by atoms with Gasteiger partial charge in [-0.2, -0.15) is 0 Å². The minimum atomic E-state index is -0.285. The topological polar surface area (TPSA) is 17.3 Å². The Morgan fingerprint density at radius 3 is 2.65 bits per heavy atom. The van der Waals surface area contributed by atoms with Gasteiger partial charge in [0.1, 0.15) is 16.6 Å². The minimum absolute atomic E-state index is 0.285. The summed E-state index contributed by atoms with van der Waals surface area (Å²) in [5.74, 6) is -0.285. The van der Waals surface area contributed by atoms with E-state index in [4.69, 9.17) is 11.6 Å². The number of aromatic nitrogens is 2. The molecule has 1 aromatic carbocycles. The Kier molecular flexibility index (Phi) is 2.34. The second-order valence-electron chi connectivity index (χ2n) is 3.68. The van der Waals surface area contributed by atoms with Gasteiger partial charge in [0.15, 0.2) is 0 Å². The van der Waals surface area contributed by atoms with Crippen LogP contribution in [0.2, 0.25) is 5.15 Å². The maximum atomic E-state index is 13.6. The Labute approximate surface area is 102 Å². The number of fused-ring (bicyclic) bond motifs is 1. The Hall–Kier alpha value is -1.87. The molecule has 0 bridgehead atoms. The van der Waals surface area contributed by atoms with Gasteiger partial charge >= 0.3 is 0 Å². The largest absolute Gasteiger partial charge is 0.290 e. The van der Waals surface area contributed by atoms with Gasteiger partial charge in [0, 0.05) is 11.8 Å². The normalized spacial score (nSPS) is 10.9. The van der Waals surface area contributed by atoms with Gasteiger partial charge < -0.3 is 0 Å². The van der Waals surface area contributed by atoms with Gasteiger partial charge in [0.2, 0.25) is 0 Å². The van der Waals surface area contributed by atoms with Gasteiger partial charge in [-0.1, -0.05) is 29.8 Å². The Morgan fingerprint density at radius 2 is 1.88 bits per heavy atom. The van der Waals surface area contributed by atoms with Crippen LogP contribution in [0.25, 0.3) is 16.9 Å². The summed E-state index contributed by atoms with van der Waals surface area (Å²) in [6.45, 7) is 0. The number of hydrogen-bond donors (Lipinski definition) is 0. The average Bonchev–Trinajstić information content (AvgIpc) is 2.75. The quantitative estimate of drug-likeness (QED) is 0.597. The summed E-state index contributed by atoms with van der Waals surface area (Å²) in [6.07, 6.45) is 1.73. The van der Waals surface area contributed by atoms with E-state index in [2.05, 4.69) is 4.98 Å². The van der Waals surface area contributed by atoms with Crippen LogP contribution in [0.4, 0.5) is 4.39 Å². The van der Waals surface area contributed by atoms with Crippen molar-refractivity contribution in [1.29, 1.82) is 0 Å². The third-order valence-electron chi connectivity index (χ3n) is 2.59. The van der Waals surface area contributed by atoms with Gasteiger partial charge in [-0.05, 0) is 24.3 Å². The number of hydrogen-bond acceptors (Lipinski definition) is 1. The zero-order chi connectivity index (χ0) is 11.8. The fourth-order valence-electron chi connectivity index (χ4n) is 1.78. The predicted octanol–water partition coefficient (Wildman–Crippen LogP) is 3.79. The number of halogens is 2. The number of benzene rings is 1. The Bertz CT molecular complexity index is 691. The standard InChI is InChI=1S/C13H8ClFN2/c14-12-6-3-7-13-16-11(8-17(12)13)9-4-1-2-5-10(9)15/h1-8H. The second-order valence-corrected chi connectivity index (χ2v) is 4.07. The molecule has 0 aliphatic rings. The molecule has 2 aromatic heterocycles. The minimum Gasteiger partial charge on any atom is -0.290 e. The van der Waals surface area contributed by atoms with Crippen LogP contribution in [0.1, 0.15) is 0 Å². The molecule has 17 heavy (non-hydrogen) atoms. The van der Waals surface area contributed by atoms with Crippen molar-refractivity contribution >= 4 is 17.2 Å². The van der Waals surface area contributed by atoms with E-state index in [1.807, 2.05) is 12.1 Å². The zero-order valence-corrected chi connectivity index (χ0v) is 9.53. The fourth-order valence-corrected chi connectivity index (χ4v) is 1.98. The average molecular weight is 247 g/mol. The molecule has 0 saturated heterocycles. The molecule has 3 aromatic rings. The molecule has 0 saturated carbocycles. The van der Waals surface area contributed by atoms with Gasteiger partial charge in [-0.3, -0.25) is 4.40 Å². The predicted molar refractivity (Wildman–Crippen MR) is 65.6 cm³/mol. The summed E-state index contributed by atoms with van der Waals surface area (Å²) in [5, 5.41) is 0.553. The molecule has 0 N–H and O–H groups in total. The van der Waals surface area contributed by atoms with E-state index in [0.717, 1.165) is 0 Å². The summed E-state index contributed by atoms with van der Waals surface area (Å²) < 4.78 is 15.3. The molecule has 3 rings (SSSR count). The van der Waals surface area contributed by atoms with Crippen molar-refractivity contribution < 1.29 is 4.39 Å². The highest BCUT2D eigenvalue weighted by atomic mass is 35.5. The molecule has 0 fully saturated rings. The molecule has 0 unspecified atom stereocenters. The highest BCUT2D eigenvalue weighted by Crippen LogP contribution is 2.23. The van der Waals surface area contributed by atoms with Crippen molar-refractivity contribution in [3.05, 3.63) is 59.6 Å². The molecule has 0 aliphatic carbocycles. The third kappa shape index (κ3) is 1.68. The van der Waals surface area contributed by atoms with Crippen LogP contribution in [-0.2, 0) is 0 Å². The summed E-state index contributed by atoms with van der Waals surface area (Å²) in [6, 6.07) is 12.0. The first kappa shape index (κ1) is 10.3. The Morgan fingerprint density at radius 1 is 1.06 bits per heavy atom. The highest BCUT2D eigenvalue weighted by Gasteiger charge is 2.09. The molecular weight excluding hydrogens is 239 g/mol. The van der Waals surface area contributed by atoms with Crippen molar-refractivity contribution in [1.82, 2.24) is 9.38 Å². The van der Waals surface area contributed by atoms with Crippen LogP contribution in [-0.4, -0.2) is 9.38 Å². The number of nitrogens with zero attached hydrogens (tertiary/aromatic N) is 2. The molecule has 2 heterocycles. The summed E-state index contributed by atoms with van der Waals surface area (Å²) in [7, 11) is 0. The van der Waals surface area contributed by atoms with E-state index >= 15 is 0 Å². The number of pyridine rings is 1. The molecule has 84 valence electrons. The van der Waals surface area contributed by atoms with Crippen LogP contribution in [0, 0.1) is 5.82 Å². The van der Waals surface area contributed by atoms with E-state index in [1.165, 1.54) is 6.07 Å². The summed E-state index contributed by atoms with van der Waals surface area (Å²) in [4.78, 5) is 4.34. The van der Waals surface area contributed by atoms with Gasteiger partial charge in [-0.15, -0.1) is 0 Å². The molecule has 0 atom stereocenters. The lowest BCUT2D eigenvalue weighted by Crippen LogP contribution is -1.82. The van der Waals surface area contributed by atoms with Crippen LogP contribution >= 0.6 is 11.6 Å². The smallest absolute Gasteiger partial charge is 0.138 e. The van der Waals surface area contributed by atoms with Crippen molar-refractivity contribution in [3.63, 3.8) is 0 Å². The number of rotatable bonds is 1. The van der Waals surface area contributed by atoms with Crippen molar-refractivity contribution in [3.8, 4) is 11.3 Å². The lowest BCUT2D eigenvalue weighted by Gasteiger charge is -1.96. The van der Waals surface area contributed by atoms with Crippen LogP contribution in [0.3, 0.4) is 0 Å². The lowest BCUT2D eigenvalue weighted by molar-refractivity contribution is 0.631. The van der Waals surface area contributed by atoms with E-state index in [1.54, 1.807) is 34.9 Å². The van der Waals surface area contributed by atoms with Crippen molar-refractivity contribution in [2.75, 3.05) is 0 Å². The number of imidazole rings is 1. The molecule has 0 aliphatic heterocycles. The Balaban J connectivity index is 2.26. The molecule has 0 radical (unpaired) electrons. The van der Waals surface area contributed by atoms with Crippen molar-refractivity contribution in [2.24, 2.45) is 0 Å². The molecule has 2 nitrogen and oxygen atoms in total. The maximum Gasteiger partial charge on any atom is 0.138 e. The summed E-state index contributed by atoms with van der Waals surface area (Å²) in [5.41, 5.74) is 1.76. The van der Waals surface area contributed by atoms with E-state index in [9.17, 15) is 4.39 Å².